The van der Waals surface area contributed by atoms with Crippen LogP contribution in [0.3, 0.4) is 0 Å². The molecule has 0 aliphatic heterocycles. The standard InChI is InChI=1S/C16H23N3O/c1-20-14-4-2-3-13(9-14)19-15(17)18-11-16-7-5-12(10-16)6-8-16/h2-4,9,12H,5-8,10-11H2,1H3,(H3,17,18,19). The molecule has 2 aliphatic carbocycles. The zero-order valence-corrected chi connectivity index (χ0v) is 12.1. The Hall–Kier alpha value is -1.71. The van der Waals surface area contributed by atoms with Crippen molar-refractivity contribution in [3.63, 3.8) is 0 Å². The monoisotopic (exact) mass is 273 g/mol. The molecular formula is C16H23N3O. The first-order valence-corrected chi connectivity index (χ1v) is 7.40. The number of guanidine groups is 1. The van der Waals surface area contributed by atoms with E-state index in [4.69, 9.17) is 10.5 Å². The van der Waals surface area contributed by atoms with Gasteiger partial charge in [-0.05, 0) is 55.6 Å². The molecule has 20 heavy (non-hydrogen) atoms. The second-order valence-corrected chi connectivity index (χ2v) is 6.21. The summed E-state index contributed by atoms with van der Waals surface area (Å²) >= 11 is 0. The number of aliphatic imine (C=N–C) groups is 1. The predicted molar refractivity (Wildman–Crippen MR) is 82.1 cm³/mol. The maximum Gasteiger partial charge on any atom is 0.193 e. The number of benzene rings is 1. The van der Waals surface area contributed by atoms with Crippen molar-refractivity contribution in [1.82, 2.24) is 0 Å². The fourth-order valence-corrected chi connectivity index (χ4v) is 3.67. The molecule has 0 unspecified atom stereocenters. The molecule has 1 aromatic rings. The molecule has 4 nitrogen and oxygen atoms in total. The average molecular weight is 273 g/mol. The largest absolute Gasteiger partial charge is 0.497 e. The molecule has 0 amide bonds. The maximum absolute atomic E-state index is 6.00. The van der Waals surface area contributed by atoms with Crippen molar-refractivity contribution in [1.29, 1.82) is 0 Å². The van der Waals surface area contributed by atoms with Crippen molar-refractivity contribution in [3.8, 4) is 5.75 Å². The number of rotatable bonds is 4. The van der Waals surface area contributed by atoms with Crippen molar-refractivity contribution in [2.24, 2.45) is 22.1 Å². The zero-order chi connectivity index (χ0) is 14.0. The summed E-state index contributed by atoms with van der Waals surface area (Å²) in [6.45, 7) is 0.867. The number of nitrogens with one attached hydrogen (secondary N) is 1. The Morgan fingerprint density at radius 2 is 2.25 bits per heavy atom. The fraction of sp³-hybridized carbons (Fsp3) is 0.562. The Kier molecular flexibility index (Phi) is 3.55. The molecule has 0 aromatic heterocycles. The van der Waals surface area contributed by atoms with E-state index in [1.165, 1.54) is 32.1 Å². The van der Waals surface area contributed by atoms with Crippen LogP contribution in [0, 0.1) is 11.3 Å². The molecule has 0 radical (unpaired) electrons. The molecule has 0 heterocycles. The van der Waals surface area contributed by atoms with Crippen LogP contribution in [-0.4, -0.2) is 19.6 Å². The lowest BCUT2D eigenvalue weighted by atomic mass is 9.84. The molecular weight excluding hydrogens is 250 g/mol. The van der Waals surface area contributed by atoms with Gasteiger partial charge in [0.2, 0.25) is 0 Å². The molecule has 0 spiro atoms. The summed E-state index contributed by atoms with van der Waals surface area (Å²) in [5, 5.41) is 3.14. The summed E-state index contributed by atoms with van der Waals surface area (Å²) in [6, 6.07) is 7.73. The highest BCUT2D eigenvalue weighted by molar-refractivity contribution is 5.92. The lowest BCUT2D eigenvalue weighted by Crippen LogP contribution is -2.26. The Labute approximate surface area is 120 Å². The third-order valence-corrected chi connectivity index (χ3v) is 4.81. The van der Waals surface area contributed by atoms with Gasteiger partial charge in [-0.2, -0.15) is 0 Å². The number of fused-ring (bicyclic) bond motifs is 2. The number of hydrogen-bond acceptors (Lipinski definition) is 2. The first-order chi connectivity index (χ1) is 9.69. The summed E-state index contributed by atoms with van der Waals surface area (Å²) in [4.78, 5) is 4.57. The van der Waals surface area contributed by atoms with Crippen LogP contribution >= 0.6 is 0 Å². The van der Waals surface area contributed by atoms with E-state index < -0.39 is 0 Å². The number of hydrogen-bond donors (Lipinski definition) is 2. The molecule has 0 saturated heterocycles. The van der Waals surface area contributed by atoms with Gasteiger partial charge in [-0.3, -0.25) is 4.99 Å². The van der Waals surface area contributed by atoms with Gasteiger partial charge >= 0.3 is 0 Å². The van der Waals surface area contributed by atoms with E-state index >= 15 is 0 Å². The van der Waals surface area contributed by atoms with Crippen molar-refractivity contribution in [2.75, 3.05) is 19.0 Å². The van der Waals surface area contributed by atoms with Crippen molar-refractivity contribution in [2.45, 2.75) is 32.1 Å². The van der Waals surface area contributed by atoms with Gasteiger partial charge in [-0.25, -0.2) is 0 Å². The summed E-state index contributed by atoms with van der Waals surface area (Å²) in [5.41, 5.74) is 7.37. The van der Waals surface area contributed by atoms with E-state index in [0.717, 1.165) is 23.9 Å². The topological polar surface area (TPSA) is 59.6 Å². The van der Waals surface area contributed by atoms with E-state index in [2.05, 4.69) is 10.3 Å². The van der Waals surface area contributed by atoms with Crippen LogP contribution in [0.25, 0.3) is 0 Å². The van der Waals surface area contributed by atoms with Crippen LogP contribution in [0.5, 0.6) is 5.75 Å². The molecule has 2 aliphatic rings. The lowest BCUT2D eigenvalue weighted by molar-refractivity contribution is 0.307. The Morgan fingerprint density at radius 3 is 2.90 bits per heavy atom. The summed E-state index contributed by atoms with van der Waals surface area (Å²) in [6.07, 6.45) is 6.78. The van der Waals surface area contributed by atoms with Gasteiger partial charge in [0.1, 0.15) is 5.75 Å². The number of nitrogens with two attached hydrogens (primary N) is 1. The van der Waals surface area contributed by atoms with Gasteiger partial charge in [0.05, 0.1) is 7.11 Å². The van der Waals surface area contributed by atoms with Gasteiger partial charge in [0, 0.05) is 18.3 Å². The highest BCUT2D eigenvalue weighted by Crippen LogP contribution is 2.54. The van der Waals surface area contributed by atoms with Crippen LogP contribution in [0.4, 0.5) is 5.69 Å². The van der Waals surface area contributed by atoms with Crippen molar-refractivity contribution < 1.29 is 4.74 Å². The highest BCUT2D eigenvalue weighted by Gasteiger charge is 2.44. The van der Waals surface area contributed by atoms with Crippen LogP contribution in [0.2, 0.25) is 0 Å². The molecule has 108 valence electrons. The van der Waals surface area contributed by atoms with E-state index in [-0.39, 0.29) is 0 Å². The molecule has 2 fully saturated rings. The first kappa shape index (κ1) is 13.3. The zero-order valence-electron chi connectivity index (χ0n) is 12.1. The maximum atomic E-state index is 6.00. The van der Waals surface area contributed by atoms with Crippen LogP contribution in [-0.2, 0) is 0 Å². The predicted octanol–water partition coefficient (Wildman–Crippen LogP) is 3.00. The molecule has 4 heteroatoms. The SMILES string of the molecule is COc1cccc(NC(N)=NCC23CCC(CC2)C3)c1. The molecule has 3 rings (SSSR count). The van der Waals surface area contributed by atoms with E-state index in [9.17, 15) is 0 Å². The van der Waals surface area contributed by atoms with Crippen LogP contribution < -0.4 is 15.8 Å². The quantitative estimate of drug-likeness (QED) is 0.655. The third-order valence-electron chi connectivity index (χ3n) is 4.81. The summed E-state index contributed by atoms with van der Waals surface area (Å²) in [7, 11) is 1.66. The number of methoxy groups -OCH3 is 1. The summed E-state index contributed by atoms with van der Waals surface area (Å²) in [5.74, 6) is 2.27. The minimum absolute atomic E-state index is 0.450. The molecule has 2 saturated carbocycles. The number of ether oxygens (including phenoxy) is 1. The van der Waals surface area contributed by atoms with Gasteiger partial charge in [0.25, 0.3) is 0 Å². The smallest absolute Gasteiger partial charge is 0.193 e. The number of nitrogens with zero attached hydrogens (tertiary/aromatic N) is 1. The molecule has 2 bridgehead atoms. The Bertz CT molecular complexity index is 504. The van der Waals surface area contributed by atoms with Gasteiger partial charge in [-0.15, -0.1) is 0 Å². The first-order valence-electron chi connectivity index (χ1n) is 7.40. The summed E-state index contributed by atoms with van der Waals surface area (Å²) < 4.78 is 5.20. The van der Waals surface area contributed by atoms with Crippen molar-refractivity contribution in [3.05, 3.63) is 24.3 Å². The average Bonchev–Trinajstić information content (AvgIpc) is 3.06. The minimum atomic E-state index is 0.450. The van der Waals surface area contributed by atoms with Gasteiger partial charge in [-0.1, -0.05) is 6.07 Å². The Balaban J connectivity index is 1.60. The van der Waals surface area contributed by atoms with E-state index in [1.54, 1.807) is 7.11 Å². The molecule has 1 aromatic carbocycles. The second-order valence-electron chi connectivity index (χ2n) is 6.21. The number of anilines is 1. The van der Waals surface area contributed by atoms with E-state index in [0.29, 0.717) is 11.4 Å². The van der Waals surface area contributed by atoms with E-state index in [1.807, 2.05) is 24.3 Å². The van der Waals surface area contributed by atoms with Gasteiger partial charge in [0.15, 0.2) is 5.96 Å². The van der Waals surface area contributed by atoms with Crippen LogP contribution in [0.15, 0.2) is 29.3 Å². The van der Waals surface area contributed by atoms with Gasteiger partial charge < -0.3 is 15.8 Å². The van der Waals surface area contributed by atoms with Crippen LogP contribution in [0.1, 0.15) is 32.1 Å². The highest BCUT2D eigenvalue weighted by atomic mass is 16.5. The Morgan fingerprint density at radius 1 is 1.45 bits per heavy atom. The third kappa shape index (κ3) is 2.74. The van der Waals surface area contributed by atoms with Crippen molar-refractivity contribution >= 4 is 11.6 Å². The lowest BCUT2D eigenvalue weighted by Gasteiger charge is -2.24. The normalized spacial score (nSPS) is 28.6. The minimum Gasteiger partial charge on any atom is -0.497 e. The second kappa shape index (κ2) is 5.35. The fourth-order valence-electron chi connectivity index (χ4n) is 3.67. The molecule has 3 N–H and O–H groups in total. The molecule has 0 atom stereocenters.